The maximum absolute atomic E-state index is 10.7. The molecule has 1 aliphatic heterocycles. The summed E-state index contributed by atoms with van der Waals surface area (Å²) in [6.07, 6.45) is 0.624. The van der Waals surface area contributed by atoms with Crippen LogP contribution in [0.1, 0.15) is 22.8 Å². The molecule has 24 heavy (non-hydrogen) atoms. The highest BCUT2D eigenvalue weighted by atomic mass is 32.1. The van der Waals surface area contributed by atoms with Crippen LogP contribution in [0.5, 0.6) is 0 Å². The molecule has 1 aliphatic rings. The lowest BCUT2D eigenvalue weighted by atomic mass is 10.2. The van der Waals surface area contributed by atoms with Crippen molar-refractivity contribution in [1.29, 1.82) is 0 Å². The second-order valence-corrected chi connectivity index (χ2v) is 7.15. The normalized spacial score (nSPS) is 14.8. The maximum atomic E-state index is 10.7. The number of aromatic nitrogens is 3. The Kier molecular flexibility index (Phi) is 4.03. The summed E-state index contributed by atoms with van der Waals surface area (Å²) >= 11 is 1.75. The van der Waals surface area contributed by atoms with E-state index in [0.29, 0.717) is 6.42 Å². The highest BCUT2D eigenvalue weighted by Gasteiger charge is 2.19. The first-order valence-corrected chi connectivity index (χ1v) is 8.83. The first kappa shape index (κ1) is 15.3. The number of fused-ring (bicyclic) bond motifs is 2. The molecule has 7 heteroatoms. The van der Waals surface area contributed by atoms with Gasteiger partial charge in [-0.05, 0) is 18.2 Å². The lowest BCUT2D eigenvalue weighted by Crippen LogP contribution is -2.33. The summed E-state index contributed by atoms with van der Waals surface area (Å²) in [7, 11) is 0. The fourth-order valence-corrected chi connectivity index (χ4v) is 4.06. The zero-order valence-corrected chi connectivity index (χ0v) is 14.0. The number of aliphatic carboxylic acids is 1. The van der Waals surface area contributed by atoms with E-state index >= 15 is 0 Å². The van der Waals surface area contributed by atoms with Crippen molar-refractivity contribution in [3.63, 3.8) is 0 Å². The van der Waals surface area contributed by atoms with E-state index in [1.54, 1.807) is 11.3 Å². The summed E-state index contributed by atoms with van der Waals surface area (Å²) in [5.74, 6) is -0.779. The van der Waals surface area contributed by atoms with Gasteiger partial charge in [0.05, 0.1) is 41.1 Å². The van der Waals surface area contributed by atoms with Crippen LogP contribution in [0.3, 0.4) is 0 Å². The Morgan fingerprint density at radius 1 is 1.29 bits per heavy atom. The van der Waals surface area contributed by atoms with Gasteiger partial charge in [0.2, 0.25) is 0 Å². The van der Waals surface area contributed by atoms with Crippen LogP contribution < -0.4 is 0 Å². The van der Waals surface area contributed by atoms with Gasteiger partial charge in [-0.15, -0.1) is 11.3 Å². The van der Waals surface area contributed by atoms with E-state index in [0.717, 1.165) is 48.1 Å². The molecule has 0 saturated heterocycles. The lowest BCUT2D eigenvalue weighted by molar-refractivity contribution is -0.136. The molecule has 0 bridgehead atoms. The van der Waals surface area contributed by atoms with Crippen LogP contribution in [-0.4, -0.2) is 37.3 Å². The Hall–Kier alpha value is -2.25. The molecule has 0 aliphatic carbocycles. The van der Waals surface area contributed by atoms with Crippen LogP contribution in [0.2, 0.25) is 0 Å². The molecule has 0 fully saturated rings. The molecule has 0 atom stereocenters. The van der Waals surface area contributed by atoms with Crippen LogP contribution in [0.25, 0.3) is 10.2 Å². The molecule has 0 saturated carbocycles. The molecular formula is C17H18N4O2S. The van der Waals surface area contributed by atoms with E-state index in [1.165, 1.54) is 4.70 Å². The zero-order valence-electron chi connectivity index (χ0n) is 13.2. The van der Waals surface area contributed by atoms with Crippen LogP contribution >= 0.6 is 11.3 Å². The predicted octanol–water partition coefficient (Wildman–Crippen LogP) is 2.53. The Bertz CT molecular complexity index is 853. The van der Waals surface area contributed by atoms with Gasteiger partial charge in [0.1, 0.15) is 5.01 Å². The third kappa shape index (κ3) is 3.18. The van der Waals surface area contributed by atoms with Gasteiger partial charge in [0.25, 0.3) is 0 Å². The standard InChI is InChI=1S/C17H18N4O2S/c22-17(23)6-5-12-9-13-10-20(7-8-21(13)19-12)11-16-18-14-3-1-2-4-15(14)24-16/h1-4,9H,5-8,10-11H2,(H,22,23). The van der Waals surface area contributed by atoms with E-state index in [1.807, 2.05) is 22.9 Å². The molecule has 0 spiro atoms. The van der Waals surface area contributed by atoms with E-state index in [2.05, 4.69) is 22.1 Å². The lowest BCUT2D eigenvalue weighted by Gasteiger charge is -2.26. The highest BCUT2D eigenvalue weighted by Crippen LogP contribution is 2.24. The Balaban J connectivity index is 1.44. The quantitative estimate of drug-likeness (QED) is 0.771. The number of aryl methyl sites for hydroxylation is 1. The van der Waals surface area contributed by atoms with Gasteiger partial charge in [0.15, 0.2) is 0 Å². The van der Waals surface area contributed by atoms with Gasteiger partial charge in [0, 0.05) is 19.5 Å². The van der Waals surface area contributed by atoms with E-state index < -0.39 is 5.97 Å². The Labute approximate surface area is 143 Å². The fourth-order valence-electron chi connectivity index (χ4n) is 3.05. The summed E-state index contributed by atoms with van der Waals surface area (Å²) in [5, 5.41) is 14.4. The molecule has 0 unspecified atom stereocenters. The SMILES string of the molecule is O=C(O)CCc1cc2n(n1)CCN(Cc1nc3ccccc3s1)C2. The number of benzene rings is 1. The molecule has 0 radical (unpaired) electrons. The van der Waals surface area contributed by atoms with E-state index in [-0.39, 0.29) is 6.42 Å². The summed E-state index contributed by atoms with van der Waals surface area (Å²) in [4.78, 5) is 17.8. The van der Waals surface area contributed by atoms with E-state index in [9.17, 15) is 4.79 Å². The van der Waals surface area contributed by atoms with Crippen molar-refractivity contribution in [3.8, 4) is 0 Å². The minimum Gasteiger partial charge on any atom is -0.481 e. The second-order valence-electron chi connectivity index (χ2n) is 6.03. The summed E-state index contributed by atoms with van der Waals surface area (Å²) in [5.41, 5.74) is 3.09. The van der Waals surface area contributed by atoms with Gasteiger partial charge >= 0.3 is 5.97 Å². The number of carboxylic acids is 1. The van der Waals surface area contributed by atoms with Crippen molar-refractivity contribution in [3.05, 3.63) is 46.7 Å². The van der Waals surface area contributed by atoms with Crippen LogP contribution in [-0.2, 0) is 30.8 Å². The maximum Gasteiger partial charge on any atom is 0.303 e. The van der Waals surface area contributed by atoms with Crippen molar-refractivity contribution in [2.24, 2.45) is 0 Å². The molecule has 1 N–H and O–H groups in total. The average Bonchev–Trinajstić information content (AvgIpc) is 3.15. The third-order valence-corrected chi connectivity index (χ3v) is 5.24. The molecule has 0 amide bonds. The van der Waals surface area contributed by atoms with Crippen LogP contribution in [0.4, 0.5) is 0 Å². The first-order chi connectivity index (χ1) is 11.7. The molecule has 4 rings (SSSR count). The number of rotatable bonds is 5. The molecule has 3 aromatic rings. The topological polar surface area (TPSA) is 71.2 Å². The molecule has 1 aromatic carbocycles. The minimum atomic E-state index is -0.779. The second kappa shape index (κ2) is 6.33. The fraction of sp³-hybridized carbons (Fsp3) is 0.353. The van der Waals surface area contributed by atoms with Crippen molar-refractivity contribution in [1.82, 2.24) is 19.7 Å². The van der Waals surface area contributed by atoms with Crippen LogP contribution in [0, 0.1) is 0 Å². The number of carboxylic acid groups (broad SMARTS) is 1. The Morgan fingerprint density at radius 2 is 2.17 bits per heavy atom. The minimum absolute atomic E-state index is 0.131. The van der Waals surface area contributed by atoms with Crippen molar-refractivity contribution in [2.75, 3.05) is 6.54 Å². The van der Waals surface area contributed by atoms with Gasteiger partial charge < -0.3 is 5.11 Å². The number of hydrogen-bond donors (Lipinski definition) is 1. The molecule has 2 aromatic heterocycles. The summed E-state index contributed by atoms with van der Waals surface area (Å²) in [6.45, 7) is 3.45. The number of thiazole rings is 1. The van der Waals surface area contributed by atoms with Crippen LogP contribution in [0.15, 0.2) is 30.3 Å². The summed E-state index contributed by atoms with van der Waals surface area (Å²) in [6, 6.07) is 10.3. The molecule has 6 nitrogen and oxygen atoms in total. The van der Waals surface area contributed by atoms with Crippen molar-refractivity contribution in [2.45, 2.75) is 32.5 Å². The summed E-state index contributed by atoms with van der Waals surface area (Å²) < 4.78 is 3.23. The number of nitrogens with zero attached hydrogens (tertiary/aromatic N) is 4. The van der Waals surface area contributed by atoms with Gasteiger partial charge in [-0.1, -0.05) is 12.1 Å². The zero-order chi connectivity index (χ0) is 16.5. The van der Waals surface area contributed by atoms with Gasteiger partial charge in [-0.2, -0.15) is 5.10 Å². The van der Waals surface area contributed by atoms with Gasteiger partial charge in [-0.3, -0.25) is 14.4 Å². The predicted molar refractivity (Wildman–Crippen MR) is 91.9 cm³/mol. The van der Waals surface area contributed by atoms with Gasteiger partial charge in [-0.25, -0.2) is 4.98 Å². The smallest absolute Gasteiger partial charge is 0.303 e. The monoisotopic (exact) mass is 342 g/mol. The molecule has 3 heterocycles. The number of carbonyl (C=O) groups is 1. The largest absolute Gasteiger partial charge is 0.481 e. The Morgan fingerprint density at radius 3 is 3.00 bits per heavy atom. The first-order valence-electron chi connectivity index (χ1n) is 8.01. The third-order valence-electron chi connectivity index (χ3n) is 4.22. The highest BCUT2D eigenvalue weighted by molar-refractivity contribution is 7.18. The number of hydrogen-bond acceptors (Lipinski definition) is 5. The molecular weight excluding hydrogens is 324 g/mol. The van der Waals surface area contributed by atoms with Crippen molar-refractivity contribution >= 4 is 27.5 Å². The average molecular weight is 342 g/mol. The van der Waals surface area contributed by atoms with E-state index in [4.69, 9.17) is 10.1 Å². The number of para-hydroxylation sites is 1. The molecule has 124 valence electrons. The van der Waals surface area contributed by atoms with Crippen molar-refractivity contribution < 1.29 is 9.90 Å².